The quantitative estimate of drug-likeness (QED) is 0.591. The normalized spacial score (nSPS) is 14.3. The number of aromatic amines is 1. The summed E-state index contributed by atoms with van der Waals surface area (Å²) in [7, 11) is -3.56. The van der Waals surface area contributed by atoms with Crippen molar-refractivity contribution in [3.8, 4) is 0 Å². The molecule has 1 unspecified atom stereocenters. The Hall–Kier alpha value is -0.920. The van der Waals surface area contributed by atoms with Gasteiger partial charge in [-0.25, -0.2) is 13.1 Å². The van der Waals surface area contributed by atoms with Gasteiger partial charge < -0.3 is 5.11 Å². The average Bonchev–Trinajstić information content (AvgIpc) is 2.55. The molecule has 1 rings (SSSR count). The molecule has 6 nitrogen and oxygen atoms in total. The number of aliphatic hydroxyl groups is 1. The summed E-state index contributed by atoms with van der Waals surface area (Å²) in [5.74, 6) is 0. The largest absolute Gasteiger partial charge is 0.395 e. The zero-order valence-corrected chi connectivity index (χ0v) is 7.87. The van der Waals surface area contributed by atoms with Crippen molar-refractivity contribution in [2.24, 2.45) is 0 Å². The third kappa shape index (κ3) is 2.51. The summed E-state index contributed by atoms with van der Waals surface area (Å²) in [6, 6.07) is 0.834. The summed E-state index contributed by atoms with van der Waals surface area (Å²) in [6.45, 7) is 1.32. The number of sulfonamides is 1. The van der Waals surface area contributed by atoms with E-state index in [0.717, 1.165) is 0 Å². The highest BCUT2D eigenvalue weighted by molar-refractivity contribution is 7.89. The molecule has 74 valence electrons. The third-order valence-corrected chi connectivity index (χ3v) is 2.91. The molecule has 0 radical (unpaired) electrons. The Kier molecular flexibility index (Phi) is 3.02. The van der Waals surface area contributed by atoms with Crippen molar-refractivity contribution in [2.75, 3.05) is 6.61 Å². The molecule has 0 spiro atoms. The topological polar surface area (TPSA) is 95.1 Å². The molecule has 0 saturated heterocycles. The van der Waals surface area contributed by atoms with Gasteiger partial charge in [-0.05, 0) is 13.0 Å². The third-order valence-electron chi connectivity index (χ3n) is 1.39. The second-order valence-electron chi connectivity index (χ2n) is 2.63. The van der Waals surface area contributed by atoms with Crippen molar-refractivity contribution in [3.05, 3.63) is 12.3 Å². The van der Waals surface area contributed by atoms with Crippen LogP contribution in [0.5, 0.6) is 0 Å². The first-order valence-electron chi connectivity index (χ1n) is 3.69. The molecule has 0 fully saturated rings. The van der Waals surface area contributed by atoms with Crippen LogP contribution in [0, 0.1) is 0 Å². The predicted molar refractivity (Wildman–Crippen MR) is 45.5 cm³/mol. The fraction of sp³-hybridized carbons (Fsp3) is 0.500. The molecule has 1 aromatic heterocycles. The molecule has 7 heteroatoms. The monoisotopic (exact) mass is 205 g/mol. The van der Waals surface area contributed by atoms with Gasteiger partial charge in [0.05, 0.1) is 12.8 Å². The van der Waals surface area contributed by atoms with Crippen molar-refractivity contribution in [1.29, 1.82) is 0 Å². The van der Waals surface area contributed by atoms with Crippen LogP contribution in [0.1, 0.15) is 6.92 Å². The molecule has 3 N–H and O–H groups in total. The van der Waals surface area contributed by atoms with E-state index in [2.05, 4.69) is 14.9 Å². The first kappa shape index (κ1) is 10.2. The number of aliphatic hydroxyl groups excluding tert-OH is 1. The first-order valence-corrected chi connectivity index (χ1v) is 5.17. The Balaban J connectivity index is 2.79. The van der Waals surface area contributed by atoms with E-state index in [0.29, 0.717) is 0 Å². The highest BCUT2D eigenvalue weighted by Crippen LogP contribution is 2.02. The van der Waals surface area contributed by atoms with Crippen LogP contribution in [-0.2, 0) is 10.0 Å². The van der Waals surface area contributed by atoms with Crippen LogP contribution in [-0.4, -0.2) is 36.4 Å². The summed E-state index contributed by atoms with van der Waals surface area (Å²) in [5.41, 5.74) is 0. The molecule has 0 bridgehead atoms. The lowest BCUT2D eigenvalue weighted by Gasteiger charge is -2.09. The van der Waals surface area contributed by atoms with Gasteiger partial charge in [-0.15, -0.1) is 0 Å². The minimum absolute atomic E-state index is 0.00667. The summed E-state index contributed by atoms with van der Waals surface area (Å²) >= 11 is 0. The van der Waals surface area contributed by atoms with Gasteiger partial charge >= 0.3 is 0 Å². The van der Waals surface area contributed by atoms with E-state index in [-0.39, 0.29) is 11.6 Å². The fourth-order valence-electron chi connectivity index (χ4n) is 0.758. The molecule has 0 aliphatic carbocycles. The van der Waals surface area contributed by atoms with Gasteiger partial charge in [0.2, 0.25) is 0 Å². The summed E-state index contributed by atoms with van der Waals surface area (Å²) in [4.78, 5) is 0. The molecule has 13 heavy (non-hydrogen) atoms. The first-order chi connectivity index (χ1) is 6.06. The van der Waals surface area contributed by atoms with Crippen LogP contribution in [0.4, 0.5) is 0 Å². The van der Waals surface area contributed by atoms with E-state index in [1.165, 1.54) is 12.3 Å². The molecule has 1 aromatic rings. The van der Waals surface area contributed by atoms with Crippen molar-refractivity contribution in [1.82, 2.24) is 14.9 Å². The lowest BCUT2D eigenvalue weighted by Crippen LogP contribution is -2.35. The van der Waals surface area contributed by atoms with Crippen LogP contribution in [0.2, 0.25) is 0 Å². The van der Waals surface area contributed by atoms with E-state index in [4.69, 9.17) is 5.11 Å². The van der Waals surface area contributed by atoms with Crippen LogP contribution in [0.3, 0.4) is 0 Å². The second kappa shape index (κ2) is 3.86. The lowest BCUT2D eigenvalue weighted by atomic mass is 10.4. The molecule has 0 aromatic carbocycles. The Morgan fingerprint density at radius 3 is 2.92 bits per heavy atom. The number of nitrogens with one attached hydrogen (secondary N) is 2. The maximum Gasteiger partial charge on any atom is 0.257 e. The van der Waals surface area contributed by atoms with Gasteiger partial charge in [0.15, 0.2) is 5.03 Å². The molecule has 0 aliphatic heterocycles. The smallest absolute Gasteiger partial charge is 0.257 e. The van der Waals surface area contributed by atoms with Gasteiger partial charge in [-0.3, -0.25) is 5.10 Å². The minimum Gasteiger partial charge on any atom is -0.395 e. The Bertz CT molecular complexity index is 345. The van der Waals surface area contributed by atoms with Gasteiger partial charge in [0, 0.05) is 6.04 Å². The molecular weight excluding hydrogens is 194 g/mol. The lowest BCUT2D eigenvalue weighted by molar-refractivity contribution is 0.265. The minimum atomic E-state index is -3.56. The number of hydrogen-bond acceptors (Lipinski definition) is 4. The van der Waals surface area contributed by atoms with Crippen molar-refractivity contribution >= 4 is 10.0 Å². The van der Waals surface area contributed by atoms with Crippen LogP contribution in [0.15, 0.2) is 17.3 Å². The summed E-state index contributed by atoms with van der Waals surface area (Å²) in [6.07, 6.45) is 1.35. The molecule has 1 atom stereocenters. The average molecular weight is 205 g/mol. The highest BCUT2D eigenvalue weighted by Gasteiger charge is 2.17. The number of aromatic nitrogens is 2. The van der Waals surface area contributed by atoms with Crippen LogP contribution < -0.4 is 4.72 Å². The fourth-order valence-corrected chi connectivity index (χ4v) is 1.90. The van der Waals surface area contributed by atoms with Gasteiger partial charge in [-0.2, -0.15) is 5.10 Å². The van der Waals surface area contributed by atoms with E-state index in [9.17, 15) is 8.42 Å². The SMILES string of the molecule is CC(CO)NS(=O)(=O)c1ccn[nH]1. The molecule has 0 saturated carbocycles. The Morgan fingerprint density at radius 2 is 2.46 bits per heavy atom. The second-order valence-corrected chi connectivity index (χ2v) is 4.31. The maximum atomic E-state index is 11.4. The zero-order chi connectivity index (χ0) is 9.90. The molecule has 1 heterocycles. The van der Waals surface area contributed by atoms with Crippen molar-refractivity contribution in [2.45, 2.75) is 18.0 Å². The van der Waals surface area contributed by atoms with Gasteiger partial charge in [-0.1, -0.05) is 0 Å². The summed E-state index contributed by atoms with van der Waals surface area (Å²) < 4.78 is 25.0. The summed E-state index contributed by atoms with van der Waals surface area (Å²) in [5, 5.41) is 14.5. The van der Waals surface area contributed by atoms with Crippen molar-refractivity contribution < 1.29 is 13.5 Å². The number of rotatable bonds is 4. The molecule has 0 aliphatic rings. The predicted octanol–water partition coefficient (Wildman–Crippen LogP) is -0.931. The van der Waals surface area contributed by atoms with Crippen molar-refractivity contribution in [3.63, 3.8) is 0 Å². The van der Waals surface area contributed by atoms with Crippen LogP contribution >= 0.6 is 0 Å². The standard InChI is InChI=1S/C6H11N3O3S/c1-5(4-10)9-13(11,12)6-2-3-7-8-6/h2-3,5,9-10H,4H2,1H3,(H,7,8). The maximum absolute atomic E-state index is 11.4. The highest BCUT2D eigenvalue weighted by atomic mass is 32.2. The number of nitrogens with zero attached hydrogens (tertiary/aromatic N) is 1. The Labute approximate surface area is 76.0 Å². The van der Waals surface area contributed by atoms with Gasteiger partial charge in [0.25, 0.3) is 10.0 Å². The van der Waals surface area contributed by atoms with E-state index in [1.807, 2.05) is 0 Å². The molecule has 0 amide bonds. The molecular formula is C6H11N3O3S. The Morgan fingerprint density at radius 1 is 1.77 bits per heavy atom. The number of H-pyrrole nitrogens is 1. The van der Waals surface area contributed by atoms with Gasteiger partial charge in [0.1, 0.15) is 0 Å². The number of hydrogen-bond donors (Lipinski definition) is 3. The van der Waals surface area contributed by atoms with E-state index >= 15 is 0 Å². The van der Waals surface area contributed by atoms with E-state index < -0.39 is 16.1 Å². The van der Waals surface area contributed by atoms with E-state index in [1.54, 1.807) is 6.92 Å². The van der Waals surface area contributed by atoms with Crippen LogP contribution in [0.25, 0.3) is 0 Å². The zero-order valence-electron chi connectivity index (χ0n) is 7.06.